The van der Waals surface area contributed by atoms with E-state index >= 15 is 0 Å². The minimum atomic E-state index is -0.389. The Hall–Kier alpha value is -1.82. The van der Waals surface area contributed by atoms with Crippen molar-refractivity contribution < 1.29 is 19.0 Å². The van der Waals surface area contributed by atoms with Crippen LogP contribution in [-0.4, -0.2) is 25.7 Å². The van der Waals surface area contributed by atoms with Crippen molar-refractivity contribution in [3.8, 4) is 17.2 Å². The Labute approximate surface area is 153 Å². The van der Waals surface area contributed by atoms with Crippen LogP contribution in [0.3, 0.4) is 0 Å². The lowest BCUT2D eigenvalue weighted by Gasteiger charge is -2.20. The topological polar surface area (TPSA) is 56.8 Å². The number of benzene rings is 2. The van der Waals surface area contributed by atoms with Crippen molar-refractivity contribution in [2.24, 2.45) is 0 Å². The highest BCUT2D eigenvalue weighted by molar-refractivity contribution is 6.35. The average Bonchev–Trinajstić information content (AvgIpc) is 2.55. The molecule has 1 N–H and O–H groups in total. The van der Waals surface area contributed by atoms with Crippen LogP contribution in [0.2, 0.25) is 15.1 Å². The number of rotatable bonds is 4. The molecule has 0 saturated heterocycles. The molecule has 8 heteroatoms. The highest BCUT2D eigenvalue weighted by Gasteiger charge is 2.16. The first-order chi connectivity index (χ1) is 11.5. The van der Waals surface area contributed by atoms with Gasteiger partial charge in [0.05, 0.1) is 15.7 Å². The Morgan fingerprint density at radius 1 is 1.04 bits per heavy atom. The lowest BCUT2D eigenvalue weighted by atomic mass is 10.2. The fourth-order valence-corrected chi connectivity index (χ4v) is 2.75. The second-order valence-corrected chi connectivity index (χ2v) is 6.14. The van der Waals surface area contributed by atoms with Crippen LogP contribution in [0.1, 0.15) is 0 Å². The molecule has 1 aliphatic rings. The van der Waals surface area contributed by atoms with Gasteiger partial charge in [-0.3, -0.25) is 4.79 Å². The summed E-state index contributed by atoms with van der Waals surface area (Å²) in [7, 11) is 0. The predicted octanol–water partition coefficient (Wildman–Crippen LogP) is 4.44. The number of halogens is 3. The molecule has 0 spiro atoms. The maximum absolute atomic E-state index is 12.0. The summed E-state index contributed by atoms with van der Waals surface area (Å²) in [4.78, 5) is 12.0. The van der Waals surface area contributed by atoms with Crippen molar-refractivity contribution in [1.29, 1.82) is 0 Å². The number of carbonyl (C=O) groups excluding carboxylic acids is 1. The lowest BCUT2D eigenvalue weighted by molar-refractivity contribution is -0.118. The molecule has 1 aliphatic heterocycles. The maximum atomic E-state index is 12.0. The van der Waals surface area contributed by atoms with Crippen molar-refractivity contribution in [2.75, 3.05) is 25.1 Å². The fraction of sp³-hybridized carbons (Fsp3) is 0.188. The van der Waals surface area contributed by atoms with Gasteiger partial charge >= 0.3 is 0 Å². The normalized spacial score (nSPS) is 12.6. The first kappa shape index (κ1) is 17.0. The Kier molecular flexibility index (Phi) is 5.23. The van der Waals surface area contributed by atoms with Gasteiger partial charge in [0.2, 0.25) is 0 Å². The van der Waals surface area contributed by atoms with Crippen LogP contribution in [0.25, 0.3) is 0 Å². The molecule has 3 rings (SSSR count). The van der Waals surface area contributed by atoms with E-state index < -0.39 is 0 Å². The lowest BCUT2D eigenvalue weighted by Crippen LogP contribution is -2.21. The van der Waals surface area contributed by atoms with Gasteiger partial charge in [-0.25, -0.2) is 0 Å². The number of carbonyl (C=O) groups is 1. The molecule has 0 bridgehead atoms. The molecule has 5 nitrogen and oxygen atoms in total. The van der Waals surface area contributed by atoms with E-state index in [2.05, 4.69) is 5.32 Å². The molecule has 24 heavy (non-hydrogen) atoms. The molecule has 0 radical (unpaired) electrons. The summed E-state index contributed by atoms with van der Waals surface area (Å²) in [5.41, 5.74) is 0.414. The van der Waals surface area contributed by atoms with Gasteiger partial charge in [-0.1, -0.05) is 34.8 Å². The highest BCUT2D eigenvalue weighted by atomic mass is 35.5. The van der Waals surface area contributed by atoms with Crippen molar-refractivity contribution in [3.63, 3.8) is 0 Å². The van der Waals surface area contributed by atoms with Crippen molar-refractivity contribution in [2.45, 2.75) is 0 Å². The van der Waals surface area contributed by atoms with Gasteiger partial charge in [0.1, 0.15) is 19.0 Å². The van der Waals surface area contributed by atoms with Crippen LogP contribution in [0.5, 0.6) is 17.2 Å². The quantitative estimate of drug-likeness (QED) is 0.841. The van der Waals surface area contributed by atoms with Gasteiger partial charge in [0, 0.05) is 17.2 Å². The fourth-order valence-electron chi connectivity index (χ4n) is 2.08. The summed E-state index contributed by atoms with van der Waals surface area (Å²) < 4.78 is 16.3. The largest absolute Gasteiger partial charge is 0.486 e. The monoisotopic (exact) mass is 387 g/mol. The van der Waals surface area contributed by atoms with Gasteiger partial charge in [-0.15, -0.1) is 0 Å². The Balaban J connectivity index is 1.64. The Bertz CT molecular complexity index is 782. The van der Waals surface area contributed by atoms with E-state index in [4.69, 9.17) is 49.0 Å². The molecule has 2 aromatic rings. The van der Waals surface area contributed by atoms with E-state index in [1.807, 2.05) is 0 Å². The van der Waals surface area contributed by atoms with Crippen LogP contribution in [0.15, 0.2) is 30.3 Å². The summed E-state index contributed by atoms with van der Waals surface area (Å²) >= 11 is 17.9. The molecule has 1 heterocycles. The van der Waals surface area contributed by atoms with Gasteiger partial charge < -0.3 is 19.5 Å². The van der Waals surface area contributed by atoms with Crippen molar-refractivity contribution >= 4 is 46.4 Å². The van der Waals surface area contributed by atoms with Crippen molar-refractivity contribution in [3.05, 3.63) is 45.4 Å². The maximum Gasteiger partial charge on any atom is 0.262 e. The summed E-state index contributed by atoms with van der Waals surface area (Å²) in [6, 6.07) is 7.97. The third kappa shape index (κ3) is 3.98. The smallest absolute Gasteiger partial charge is 0.262 e. The van der Waals surface area contributed by atoms with Crippen LogP contribution < -0.4 is 19.5 Å². The number of ether oxygens (including phenoxy) is 3. The summed E-state index contributed by atoms with van der Waals surface area (Å²) in [6.45, 7) is 0.678. The van der Waals surface area contributed by atoms with Crippen LogP contribution >= 0.6 is 34.8 Å². The number of hydrogen-bond donors (Lipinski definition) is 1. The molecule has 0 fully saturated rings. The first-order valence-electron chi connectivity index (χ1n) is 7.00. The van der Waals surface area contributed by atoms with Crippen molar-refractivity contribution in [1.82, 2.24) is 0 Å². The minimum absolute atomic E-state index is 0.230. The van der Waals surface area contributed by atoms with Gasteiger partial charge in [-0.05, 0) is 18.2 Å². The average molecular weight is 389 g/mol. The van der Waals surface area contributed by atoms with E-state index in [1.165, 1.54) is 6.07 Å². The number of amides is 1. The first-order valence-corrected chi connectivity index (χ1v) is 8.13. The second-order valence-electron chi connectivity index (χ2n) is 4.89. The van der Waals surface area contributed by atoms with E-state index in [9.17, 15) is 4.79 Å². The van der Waals surface area contributed by atoms with E-state index in [0.29, 0.717) is 51.2 Å². The number of hydrogen-bond acceptors (Lipinski definition) is 4. The van der Waals surface area contributed by atoms with Crippen LogP contribution in [0, 0.1) is 0 Å². The summed E-state index contributed by atoms with van der Waals surface area (Å²) in [5, 5.41) is 3.82. The molecule has 0 unspecified atom stereocenters. The van der Waals surface area contributed by atoms with Gasteiger partial charge in [0.15, 0.2) is 18.1 Å². The van der Waals surface area contributed by atoms with Crippen LogP contribution in [0.4, 0.5) is 5.69 Å². The SMILES string of the molecule is O=C(COc1ccc(Cl)cc1Cl)Nc1cc2c(cc1Cl)OCCO2. The zero-order valence-electron chi connectivity index (χ0n) is 12.3. The highest BCUT2D eigenvalue weighted by Crippen LogP contribution is 2.38. The molecular weight excluding hydrogens is 377 g/mol. The predicted molar refractivity (Wildman–Crippen MR) is 93.0 cm³/mol. The zero-order valence-corrected chi connectivity index (χ0v) is 14.5. The van der Waals surface area contributed by atoms with Gasteiger partial charge in [-0.2, -0.15) is 0 Å². The Morgan fingerprint density at radius 2 is 1.75 bits per heavy atom. The number of nitrogens with one attached hydrogen (secondary N) is 1. The number of anilines is 1. The molecule has 0 aliphatic carbocycles. The molecular formula is C16H12Cl3NO4. The van der Waals surface area contributed by atoms with E-state index in [1.54, 1.807) is 24.3 Å². The van der Waals surface area contributed by atoms with E-state index in [0.717, 1.165) is 0 Å². The minimum Gasteiger partial charge on any atom is -0.486 e. The molecule has 1 amide bonds. The second kappa shape index (κ2) is 7.38. The molecule has 0 aromatic heterocycles. The van der Waals surface area contributed by atoms with E-state index in [-0.39, 0.29) is 12.5 Å². The Morgan fingerprint density at radius 3 is 2.46 bits per heavy atom. The zero-order chi connectivity index (χ0) is 17.1. The molecule has 2 aromatic carbocycles. The summed E-state index contributed by atoms with van der Waals surface area (Å²) in [6.07, 6.45) is 0. The summed E-state index contributed by atoms with van der Waals surface area (Å²) in [5.74, 6) is 1.06. The third-order valence-electron chi connectivity index (χ3n) is 3.16. The van der Waals surface area contributed by atoms with Gasteiger partial charge in [0.25, 0.3) is 5.91 Å². The standard InChI is InChI=1S/C16H12Cl3NO4/c17-9-1-2-13(11(19)5-9)24-8-16(21)20-12-7-15-14(6-10(12)18)22-3-4-23-15/h1-2,5-7H,3-4,8H2,(H,20,21). The molecule has 126 valence electrons. The molecule has 0 saturated carbocycles. The number of fused-ring (bicyclic) bond motifs is 1. The third-order valence-corrected chi connectivity index (χ3v) is 4.00. The van der Waals surface area contributed by atoms with Crippen LogP contribution in [-0.2, 0) is 4.79 Å². The molecule has 0 atom stereocenters.